The predicted molar refractivity (Wildman–Crippen MR) is 105 cm³/mol. The monoisotopic (exact) mass is 389 g/mol. The molecule has 1 aromatic heterocycles. The molecule has 7 heteroatoms. The Labute approximate surface area is 167 Å². The van der Waals surface area contributed by atoms with Crippen LogP contribution in [-0.4, -0.2) is 42.1 Å². The molecule has 29 heavy (non-hydrogen) atoms. The highest BCUT2D eigenvalue weighted by Crippen LogP contribution is 2.40. The van der Waals surface area contributed by atoms with Gasteiger partial charge < -0.3 is 14.5 Å². The van der Waals surface area contributed by atoms with E-state index in [1.165, 1.54) is 19.1 Å². The van der Waals surface area contributed by atoms with Crippen LogP contribution in [0.25, 0.3) is 10.9 Å². The van der Waals surface area contributed by atoms with E-state index in [0.717, 1.165) is 27.7 Å². The summed E-state index contributed by atoms with van der Waals surface area (Å²) in [7, 11) is 2.65. The number of rotatable bonds is 3. The highest BCUT2D eigenvalue weighted by Gasteiger charge is 2.41. The molecule has 2 heterocycles. The van der Waals surface area contributed by atoms with E-state index in [9.17, 15) is 14.9 Å². The summed E-state index contributed by atoms with van der Waals surface area (Å²) in [6.45, 7) is 0. The average Bonchev–Trinajstić information content (AvgIpc) is 3.15. The van der Waals surface area contributed by atoms with Crippen molar-refractivity contribution in [1.82, 2.24) is 9.88 Å². The topological polar surface area (TPSA) is 95.4 Å². The molecule has 0 unspecified atom stereocenters. The van der Waals surface area contributed by atoms with E-state index < -0.39 is 24.0 Å². The normalized spacial score (nSPS) is 18.0. The maximum Gasteiger partial charge on any atom is 0.337 e. The molecule has 0 saturated carbocycles. The molecule has 1 N–H and O–H groups in total. The van der Waals surface area contributed by atoms with Crippen LogP contribution in [0.1, 0.15) is 33.2 Å². The Hall–Kier alpha value is -3.79. The molecule has 2 atom stereocenters. The van der Waals surface area contributed by atoms with Crippen molar-refractivity contribution >= 4 is 22.8 Å². The third kappa shape index (κ3) is 2.99. The second kappa shape index (κ2) is 7.32. The third-order valence-electron chi connectivity index (χ3n) is 5.37. The van der Waals surface area contributed by atoms with Crippen molar-refractivity contribution in [3.8, 4) is 6.19 Å². The molecular formula is C22H19N3O4. The number of methoxy groups -OCH3 is 2. The van der Waals surface area contributed by atoms with Gasteiger partial charge in [-0.1, -0.05) is 30.3 Å². The minimum Gasteiger partial charge on any atom is -0.467 e. The molecule has 0 bridgehead atoms. The molecule has 7 nitrogen and oxygen atoms in total. The number of H-pyrrole nitrogens is 1. The Morgan fingerprint density at radius 2 is 1.83 bits per heavy atom. The molecule has 0 spiro atoms. The fourth-order valence-corrected chi connectivity index (χ4v) is 3.99. The van der Waals surface area contributed by atoms with Gasteiger partial charge in [-0.15, -0.1) is 0 Å². The summed E-state index contributed by atoms with van der Waals surface area (Å²) < 4.78 is 9.73. The minimum absolute atomic E-state index is 0.371. The number of hydrogen-bond donors (Lipinski definition) is 1. The lowest BCUT2D eigenvalue weighted by Crippen LogP contribution is -2.46. The van der Waals surface area contributed by atoms with Crippen LogP contribution in [0.5, 0.6) is 0 Å². The number of carbonyl (C=O) groups is 2. The molecule has 2 aromatic carbocycles. The lowest BCUT2D eigenvalue weighted by Gasteiger charge is -2.37. The molecular weight excluding hydrogens is 370 g/mol. The van der Waals surface area contributed by atoms with Crippen molar-refractivity contribution < 1.29 is 19.1 Å². The Bertz CT molecular complexity index is 1130. The summed E-state index contributed by atoms with van der Waals surface area (Å²) in [5.74, 6) is -0.894. The first-order valence-electron chi connectivity index (χ1n) is 9.12. The van der Waals surface area contributed by atoms with Crippen molar-refractivity contribution in [3.05, 3.63) is 70.9 Å². The summed E-state index contributed by atoms with van der Waals surface area (Å²) in [6.07, 6.45) is 2.54. The summed E-state index contributed by atoms with van der Waals surface area (Å²) in [5, 5.41) is 10.9. The lowest BCUT2D eigenvalue weighted by molar-refractivity contribution is -0.146. The van der Waals surface area contributed by atoms with E-state index in [-0.39, 0.29) is 0 Å². The smallest absolute Gasteiger partial charge is 0.337 e. The number of para-hydroxylation sites is 1. The number of nitrogens with zero attached hydrogens (tertiary/aromatic N) is 2. The Morgan fingerprint density at radius 1 is 1.10 bits per heavy atom. The largest absolute Gasteiger partial charge is 0.467 e. The second-order valence-electron chi connectivity index (χ2n) is 6.83. The number of hydrogen-bond acceptors (Lipinski definition) is 6. The highest BCUT2D eigenvalue weighted by atomic mass is 16.5. The molecule has 0 fully saturated rings. The molecule has 1 aliphatic heterocycles. The number of carbonyl (C=O) groups excluding carboxylic acids is 2. The van der Waals surface area contributed by atoms with Gasteiger partial charge in [0.2, 0.25) is 0 Å². The minimum atomic E-state index is -0.734. The SMILES string of the molecule is COC(=O)c1ccc([C@H]2c3[nH]c4ccccc4c3C[C@H](C(=O)OC)N2C#N)cc1. The first kappa shape index (κ1) is 18.6. The Kier molecular flexibility index (Phi) is 4.69. The first-order chi connectivity index (χ1) is 14.1. The lowest BCUT2D eigenvalue weighted by atomic mass is 9.88. The van der Waals surface area contributed by atoms with Crippen LogP contribution in [0.15, 0.2) is 48.5 Å². The number of nitriles is 1. The average molecular weight is 389 g/mol. The molecule has 146 valence electrons. The van der Waals surface area contributed by atoms with Crippen molar-refractivity contribution in [1.29, 1.82) is 5.26 Å². The molecule has 0 aliphatic carbocycles. The second-order valence-corrected chi connectivity index (χ2v) is 6.83. The van der Waals surface area contributed by atoms with Gasteiger partial charge in [-0.25, -0.2) is 9.59 Å². The quantitative estimate of drug-likeness (QED) is 0.547. The summed E-state index contributed by atoms with van der Waals surface area (Å²) >= 11 is 0. The maximum atomic E-state index is 12.5. The number of benzene rings is 2. The van der Waals surface area contributed by atoms with E-state index in [4.69, 9.17) is 9.47 Å². The summed E-state index contributed by atoms with van der Waals surface area (Å²) in [5.41, 5.74) is 3.98. The predicted octanol–water partition coefficient (Wildman–Crippen LogP) is 2.92. The molecule has 1 aliphatic rings. The van der Waals surface area contributed by atoms with Crippen LogP contribution in [0.2, 0.25) is 0 Å². The number of fused-ring (bicyclic) bond motifs is 3. The van der Waals surface area contributed by atoms with Crippen LogP contribution in [0, 0.1) is 11.5 Å². The van der Waals surface area contributed by atoms with Crippen molar-refractivity contribution in [2.45, 2.75) is 18.5 Å². The van der Waals surface area contributed by atoms with Gasteiger partial charge in [0, 0.05) is 23.0 Å². The summed E-state index contributed by atoms with van der Waals surface area (Å²) in [6, 6.07) is 13.5. The number of ether oxygens (including phenoxy) is 2. The van der Waals surface area contributed by atoms with Crippen LogP contribution in [0.3, 0.4) is 0 Å². The van der Waals surface area contributed by atoms with E-state index in [1.54, 1.807) is 24.3 Å². The zero-order valence-electron chi connectivity index (χ0n) is 16.0. The number of aromatic amines is 1. The van der Waals surface area contributed by atoms with E-state index in [2.05, 4.69) is 11.2 Å². The number of nitrogens with one attached hydrogen (secondary N) is 1. The van der Waals surface area contributed by atoms with Crippen molar-refractivity contribution in [3.63, 3.8) is 0 Å². The maximum absolute atomic E-state index is 12.5. The van der Waals surface area contributed by atoms with E-state index in [1.807, 2.05) is 24.3 Å². The van der Waals surface area contributed by atoms with Crippen LogP contribution < -0.4 is 0 Å². The van der Waals surface area contributed by atoms with E-state index >= 15 is 0 Å². The van der Waals surface area contributed by atoms with Crippen LogP contribution in [-0.2, 0) is 20.7 Å². The Balaban J connectivity index is 1.89. The van der Waals surface area contributed by atoms with E-state index in [0.29, 0.717) is 12.0 Å². The van der Waals surface area contributed by atoms with Gasteiger partial charge >= 0.3 is 11.9 Å². The molecule has 4 rings (SSSR count). The van der Waals surface area contributed by atoms with Gasteiger partial charge in [0.25, 0.3) is 0 Å². The third-order valence-corrected chi connectivity index (χ3v) is 5.37. The first-order valence-corrected chi connectivity index (χ1v) is 9.12. The Morgan fingerprint density at radius 3 is 2.48 bits per heavy atom. The van der Waals surface area contributed by atoms with Gasteiger partial charge in [0.1, 0.15) is 12.1 Å². The van der Waals surface area contributed by atoms with Gasteiger partial charge in [0.05, 0.1) is 19.8 Å². The van der Waals surface area contributed by atoms with Gasteiger partial charge in [-0.05, 0) is 29.3 Å². The zero-order valence-corrected chi connectivity index (χ0v) is 16.0. The summed E-state index contributed by atoms with van der Waals surface area (Å²) in [4.78, 5) is 29.1. The fraction of sp³-hybridized carbons (Fsp3) is 0.227. The fourth-order valence-electron chi connectivity index (χ4n) is 3.99. The molecule has 0 saturated heterocycles. The van der Waals surface area contributed by atoms with Crippen LogP contribution in [0.4, 0.5) is 0 Å². The standard InChI is InChI=1S/C22H19N3O4/c1-28-21(26)14-9-7-13(8-10-14)20-19-16(15-5-3-4-6-17(15)24-19)11-18(22(27)29-2)25(20)12-23/h3-10,18,20,24H,11H2,1-2H3/t18-,20+/m1/s1. The molecule has 3 aromatic rings. The van der Waals surface area contributed by atoms with Crippen molar-refractivity contribution in [2.24, 2.45) is 0 Å². The van der Waals surface area contributed by atoms with Gasteiger partial charge in [-0.3, -0.25) is 4.90 Å². The zero-order chi connectivity index (χ0) is 20.5. The number of esters is 2. The van der Waals surface area contributed by atoms with Crippen LogP contribution >= 0.6 is 0 Å². The molecule has 0 radical (unpaired) electrons. The van der Waals surface area contributed by atoms with Gasteiger partial charge in [-0.2, -0.15) is 5.26 Å². The molecule has 0 amide bonds. The number of aromatic nitrogens is 1. The highest BCUT2D eigenvalue weighted by molar-refractivity contribution is 5.89. The van der Waals surface area contributed by atoms with Crippen molar-refractivity contribution in [2.75, 3.05) is 14.2 Å². The van der Waals surface area contributed by atoms with Gasteiger partial charge in [0.15, 0.2) is 6.19 Å².